The maximum absolute atomic E-state index is 11.9. The van der Waals surface area contributed by atoms with Crippen LogP contribution in [0.4, 0.5) is 0 Å². The van der Waals surface area contributed by atoms with E-state index >= 15 is 0 Å². The Labute approximate surface area is 128 Å². The molecule has 4 nitrogen and oxygen atoms in total. The fourth-order valence-electron chi connectivity index (χ4n) is 2.09. The van der Waals surface area contributed by atoms with E-state index in [-0.39, 0.29) is 5.91 Å². The smallest absolute Gasteiger partial charge is 0.239 e. The number of hydrogen-bond acceptors (Lipinski definition) is 3. The Morgan fingerprint density at radius 2 is 1.95 bits per heavy atom. The second-order valence-corrected chi connectivity index (χ2v) is 5.79. The average molecular weight is 292 g/mol. The number of benzene rings is 1. The second kappa shape index (κ2) is 8.67. The Balaban J connectivity index is 2.12. The molecule has 1 atom stereocenters. The number of amides is 1. The molecule has 0 heterocycles. The lowest BCUT2D eigenvalue weighted by Gasteiger charge is -2.22. The minimum Gasteiger partial charge on any atom is -0.494 e. The number of rotatable bonds is 9. The van der Waals surface area contributed by atoms with Gasteiger partial charge in [0.05, 0.1) is 12.1 Å². The van der Waals surface area contributed by atoms with Gasteiger partial charge in [-0.2, -0.15) is 0 Å². The van der Waals surface area contributed by atoms with Gasteiger partial charge in [-0.3, -0.25) is 4.79 Å². The van der Waals surface area contributed by atoms with Gasteiger partial charge in [-0.1, -0.05) is 31.0 Å². The molecule has 1 amide bonds. The van der Waals surface area contributed by atoms with E-state index < -0.39 is 5.54 Å². The summed E-state index contributed by atoms with van der Waals surface area (Å²) in [6, 6.07) is 8.01. The first kappa shape index (κ1) is 17.5. The molecule has 1 unspecified atom stereocenters. The summed E-state index contributed by atoms with van der Waals surface area (Å²) >= 11 is 0. The van der Waals surface area contributed by atoms with E-state index in [1.807, 2.05) is 31.2 Å². The Kier molecular flexibility index (Phi) is 7.23. The monoisotopic (exact) mass is 292 g/mol. The third-order valence-corrected chi connectivity index (χ3v) is 3.43. The summed E-state index contributed by atoms with van der Waals surface area (Å²) in [5.41, 5.74) is 6.43. The predicted molar refractivity (Wildman–Crippen MR) is 86.4 cm³/mol. The van der Waals surface area contributed by atoms with Gasteiger partial charge in [-0.05, 0) is 45.2 Å². The highest BCUT2D eigenvalue weighted by atomic mass is 16.5. The third kappa shape index (κ3) is 6.63. The Bertz CT molecular complexity index is 427. The summed E-state index contributed by atoms with van der Waals surface area (Å²) < 4.78 is 5.64. The van der Waals surface area contributed by atoms with Gasteiger partial charge in [-0.25, -0.2) is 0 Å². The summed E-state index contributed by atoms with van der Waals surface area (Å²) in [6.07, 6.45) is 3.41. The molecule has 0 bridgehead atoms. The van der Waals surface area contributed by atoms with Crippen molar-refractivity contribution in [2.75, 3.05) is 13.2 Å². The minimum absolute atomic E-state index is 0.0659. The van der Waals surface area contributed by atoms with E-state index in [0.29, 0.717) is 19.6 Å². The van der Waals surface area contributed by atoms with Crippen LogP contribution in [-0.4, -0.2) is 24.6 Å². The molecular weight excluding hydrogens is 264 g/mol. The maximum Gasteiger partial charge on any atom is 0.239 e. The zero-order chi connectivity index (χ0) is 15.7. The molecule has 0 aliphatic heterocycles. The molecule has 3 N–H and O–H groups in total. The lowest BCUT2D eigenvalue weighted by Crippen LogP contribution is -2.51. The molecule has 0 saturated heterocycles. The molecule has 0 saturated carbocycles. The molecule has 0 aliphatic rings. The summed E-state index contributed by atoms with van der Waals surface area (Å²) in [7, 11) is 0. The summed E-state index contributed by atoms with van der Waals surface area (Å²) in [5, 5.41) is 2.89. The van der Waals surface area contributed by atoms with Gasteiger partial charge >= 0.3 is 0 Å². The largest absolute Gasteiger partial charge is 0.494 e. The summed E-state index contributed by atoms with van der Waals surface area (Å²) in [4.78, 5) is 11.9. The van der Waals surface area contributed by atoms with E-state index in [2.05, 4.69) is 12.2 Å². The van der Waals surface area contributed by atoms with Crippen LogP contribution in [0.3, 0.4) is 0 Å². The highest BCUT2D eigenvalue weighted by Gasteiger charge is 2.26. The van der Waals surface area contributed by atoms with Gasteiger partial charge in [0.2, 0.25) is 5.91 Å². The Morgan fingerprint density at radius 1 is 1.29 bits per heavy atom. The zero-order valence-corrected chi connectivity index (χ0v) is 13.4. The van der Waals surface area contributed by atoms with E-state index in [1.165, 1.54) is 5.56 Å². The van der Waals surface area contributed by atoms with Crippen LogP contribution in [0.5, 0.6) is 5.75 Å². The van der Waals surface area contributed by atoms with E-state index in [0.717, 1.165) is 25.0 Å². The number of unbranched alkanes of at least 4 members (excludes halogenated alkanes) is 1. The summed E-state index contributed by atoms with van der Waals surface area (Å²) in [5.74, 6) is 0.825. The van der Waals surface area contributed by atoms with Crippen molar-refractivity contribution in [1.29, 1.82) is 0 Å². The molecule has 4 heteroatoms. The number of hydrogen-bond donors (Lipinski definition) is 2. The standard InChI is InChI=1S/C17H28N2O2/c1-4-11-17(3,18)16(20)19-12-5-6-13-21-15-9-7-14(2)8-10-15/h7-10H,4-6,11-13,18H2,1-3H3,(H,19,20). The molecule has 0 aliphatic carbocycles. The molecule has 0 fully saturated rings. The molecule has 1 rings (SSSR count). The van der Waals surface area contributed by atoms with Gasteiger partial charge < -0.3 is 15.8 Å². The van der Waals surface area contributed by atoms with Crippen LogP contribution in [-0.2, 0) is 4.79 Å². The van der Waals surface area contributed by atoms with Crippen LogP contribution in [0.1, 0.15) is 45.1 Å². The van der Waals surface area contributed by atoms with Crippen LogP contribution in [0, 0.1) is 6.92 Å². The SMILES string of the molecule is CCCC(C)(N)C(=O)NCCCCOc1ccc(C)cc1. The summed E-state index contributed by atoms with van der Waals surface area (Å²) in [6.45, 7) is 7.17. The number of aryl methyl sites for hydroxylation is 1. The lowest BCUT2D eigenvalue weighted by molar-refractivity contribution is -0.126. The fraction of sp³-hybridized carbons (Fsp3) is 0.588. The Morgan fingerprint density at radius 3 is 2.57 bits per heavy atom. The van der Waals surface area contributed by atoms with Gasteiger partial charge in [0.25, 0.3) is 0 Å². The van der Waals surface area contributed by atoms with Gasteiger partial charge in [-0.15, -0.1) is 0 Å². The first-order chi connectivity index (χ1) is 9.95. The number of carbonyl (C=O) groups excluding carboxylic acids is 1. The van der Waals surface area contributed by atoms with Crippen molar-refractivity contribution >= 4 is 5.91 Å². The molecule has 21 heavy (non-hydrogen) atoms. The van der Waals surface area contributed by atoms with Crippen LogP contribution >= 0.6 is 0 Å². The molecular formula is C17H28N2O2. The predicted octanol–water partition coefficient (Wildman–Crippen LogP) is 2.79. The maximum atomic E-state index is 11.9. The van der Waals surface area contributed by atoms with E-state index in [9.17, 15) is 4.79 Å². The van der Waals surface area contributed by atoms with Gasteiger partial charge in [0, 0.05) is 6.54 Å². The van der Waals surface area contributed by atoms with Crippen molar-refractivity contribution < 1.29 is 9.53 Å². The van der Waals surface area contributed by atoms with Crippen molar-refractivity contribution in [2.45, 2.75) is 52.0 Å². The van der Waals surface area contributed by atoms with Crippen LogP contribution in [0.25, 0.3) is 0 Å². The third-order valence-electron chi connectivity index (χ3n) is 3.43. The second-order valence-electron chi connectivity index (χ2n) is 5.79. The van der Waals surface area contributed by atoms with Crippen molar-refractivity contribution in [3.8, 4) is 5.75 Å². The normalized spacial score (nSPS) is 13.5. The number of nitrogens with two attached hydrogens (primary N) is 1. The zero-order valence-electron chi connectivity index (χ0n) is 13.4. The van der Waals surface area contributed by atoms with Gasteiger partial charge in [0.1, 0.15) is 5.75 Å². The van der Waals surface area contributed by atoms with E-state index in [4.69, 9.17) is 10.5 Å². The topological polar surface area (TPSA) is 64.4 Å². The Hall–Kier alpha value is -1.55. The van der Waals surface area contributed by atoms with Crippen LogP contribution < -0.4 is 15.8 Å². The number of ether oxygens (including phenoxy) is 1. The van der Waals surface area contributed by atoms with Crippen molar-refractivity contribution in [3.05, 3.63) is 29.8 Å². The van der Waals surface area contributed by atoms with Crippen molar-refractivity contribution in [2.24, 2.45) is 5.73 Å². The highest BCUT2D eigenvalue weighted by molar-refractivity contribution is 5.85. The lowest BCUT2D eigenvalue weighted by atomic mass is 9.96. The molecule has 0 spiro atoms. The molecule has 1 aromatic rings. The molecule has 0 aromatic heterocycles. The molecule has 0 radical (unpaired) electrons. The first-order valence-corrected chi connectivity index (χ1v) is 7.72. The quantitative estimate of drug-likeness (QED) is 0.688. The van der Waals surface area contributed by atoms with Crippen LogP contribution in [0.15, 0.2) is 24.3 Å². The molecule has 1 aromatic carbocycles. The van der Waals surface area contributed by atoms with E-state index in [1.54, 1.807) is 6.92 Å². The first-order valence-electron chi connectivity index (χ1n) is 7.72. The molecule has 118 valence electrons. The van der Waals surface area contributed by atoms with Gasteiger partial charge in [0.15, 0.2) is 0 Å². The van der Waals surface area contributed by atoms with Crippen LogP contribution in [0.2, 0.25) is 0 Å². The number of carbonyl (C=O) groups is 1. The van der Waals surface area contributed by atoms with Crippen molar-refractivity contribution in [3.63, 3.8) is 0 Å². The fourth-order valence-corrected chi connectivity index (χ4v) is 2.09. The minimum atomic E-state index is -0.757. The van der Waals surface area contributed by atoms with Crippen molar-refractivity contribution in [1.82, 2.24) is 5.32 Å². The number of nitrogens with one attached hydrogen (secondary N) is 1. The average Bonchev–Trinajstić information content (AvgIpc) is 2.44. The highest BCUT2D eigenvalue weighted by Crippen LogP contribution is 2.12.